The molecule has 0 aliphatic carbocycles. The zero-order valence-corrected chi connectivity index (χ0v) is 8.78. The molecule has 0 amide bonds. The van der Waals surface area contributed by atoms with Crippen LogP contribution in [0.5, 0.6) is 0 Å². The number of ether oxygens (including phenoxy) is 1. The molecule has 12 heavy (non-hydrogen) atoms. The maximum atomic E-state index is 10.5. The average Bonchev–Trinajstić information content (AvgIpc) is 1.96. The Labute approximate surface area is 77.4 Å². The van der Waals surface area contributed by atoms with E-state index in [0.717, 1.165) is 5.32 Å². The van der Waals surface area contributed by atoms with Crippen LogP contribution in [0.25, 0.3) is 0 Å². The van der Waals surface area contributed by atoms with E-state index in [1.165, 1.54) is 6.92 Å². The molecule has 0 aliphatic rings. The molecule has 4 nitrogen and oxygen atoms in total. The van der Waals surface area contributed by atoms with Gasteiger partial charge in [0.2, 0.25) is 0 Å². The minimum atomic E-state index is -1.06. The Morgan fingerprint density at radius 2 is 2.17 bits per heavy atom. The van der Waals surface area contributed by atoms with Crippen LogP contribution in [-0.2, 0) is 14.3 Å². The van der Waals surface area contributed by atoms with Crippen molar-refractivity contribution in [2.45, 2.75) is 30.6 Å². The Bertz CT molecular complexity index is 169. The van der Waals surface area contributed by atoms with E-state index in [4.69, 9.17) is 5.11 Å². The van der Waals surface area contributed by atoms with Gasteiger partial charge in [0.05, 0.1) is 0 Å². The van der Waals surface area contributed by atoms with Crippen molar-refractivity contribution < 1.29 is 19.4 Å². The Morgan fingerprint density at radius 1 is 1.58 bits per heavy atom. The summed E-state index contributed by atoms with van der Waals surface area (Å²) < 4.78 is 4.59. The topological polar surface area (TPSA) is 63.6 Å². The normalized spacial score (nSPS) is 12.2. The minimum absolute atomic E-state index is 0.422. The van der Waals surface area contributed by atoms with Crippen LogP contribution in [0.4, 0.5) is 0 Å². The standard InChI is InChI=1S/C7H12O4Se/c1-5(8)11-6(7(9)10)3-4-12-2/h6H,3-4H2,1-2H3,(H,9,10). The molecule has 0 rings (SSSR count). The first kappa shape index (κ1) is 11.5. The number of carboxylic acids is 1. The number of esters is 1. The van der Waals surface area contributed by atoms with Gasteiger partial charge in [-0.2, -0.15) is 0 Å². The van der Waals surface area contributed by atoms with Crippen LogP contribution >= 0.6 is 0 Å². The molecule has 0 spiro atoms. The summed E-state index contributed by atoms with van der Waals surface area (Å²) in [6, 6.07) is 0. The summed E-state index contributed by atoms with van der Waals surface area (Å²) in [5.41, 5.74) is 0. The van der Waals surface area contributed by atoms with E-state index < -0.39 is 18.0 Å². The van der Waals surface area contributed by atoms with Crippen molar-refractivity contribution in [3.63, 3.8) is 0 Å². The number of hydrogen-bond acceptors (Lipinski definition) is 3. The van der Waals surface area contributed by atoms with Gasteiger partial charge in [-0.15, -0.1) is 0 Å². The second kappa shape index (κ2) is 6.03. The number of hydrogen-bond donors (Lipinski definition) is 1. The summed E-state index contributed by atoms with van der Waals surface area (Å²) in [5.74, 6) is 0.417. The van der Waals surface area contributed by atoms with Gasteiger partial charge in [-0.05, 0) is 0 Å². The van der Waals surface area contributed by atoms with Crippen LogP contribution < -0.4 is 0 Å². The van der Waals surface area contributed by atoms with Crippen LogP contribution in [-0.4, -0.2) is 38.1 Å². The number of carboxylic acid groups (broad SMARTS) is 1. The molecule has 5 heteroatoms. The molecule has 0 aromatic heterocycles. The fraction of sp³-hybridized carbons (Fsp3) is 0.714. The first-order chi connectivity index (χ1) is 5.57. The first-order valence-corrected chi connectivity index (χ1v) is 6.39. The van der Waals surface area contributed by atoms with Crippen molar-refractivity contribution in [2.75, 3.05) is 0 Å². The van der Waals surface area contributed by atoms with E-state index in [1.54, 1.807) is 0 Å². The zero-order chi connectivity index (χ0) is 9.56. The van der Waals surface area contributed by atoms with Gasteiger partial charge >= 0.3 is 76.9 Å². The molecule has 0 bridgehead atoms. The number of aliphatic carboxylic acids is 1. The van der Waals surface area contributed by atoms with Crippen molar-refractivity contribution in [3.8, 4) is 0 Å². The van der Waals surface area contributed by atoms with Gasteiger partial charge in [0.1, 0.15) is 0 Å². The molecule has 0 aliphatic heterocycles. The maximum absolute atomic E-state index is 10.5. The van der Waals surface area contributed by atoms with Crippen LogP contribution in [0.2, 0.25) is 11.1 Å². The molecular formula is C7H12O4Se. The molecule has 0 saturated carbocycles. The Hall–Kier alpha value is -0.541. The third-order valence-corrected chi connectivity index (χ3v) is 2.52. The number of carbonyl (C=O) groups is 2. The van der Waals surface area contributed by atoms with E-state index in [1.807, 2.05) is 5.82 Å². The van der Waals surface area contributed by atoms with Crippen LogP contribution in [0, 0.1) is 0 Å². The Morgan fingerprint density at radius 3 is 2.50 bits per heavy atom. The number of rotatable bonds is 5. The first-order valence-electron chi connectivity index (χ1n) is 3.47. The molecule has 0 saturated heterocycles. The molecular weight excluding hydrogens is 227 g/mol. The predicted molar refractivity (Wildman–Crippen MR) is 44.2 cm³/mol. The molecule has 0 aromatic carbocycles. The second-order valence-corrected chi connectivity index (χ2v) is 4.29. The van der Waals surface area contributed by atoms with Gasteiger partial charge in [-0.1, -0.05) is 0 Å². The van der Waals surface area contributed by atoms with Crippen molar-refractivity contribution in [1.82, 2.24) is 0 Å². The van der Waals surface area contributed by atoms with E-state index in [2.05, 4.69) is 4.74 Å². The fourth-order valence-electron chi connectivity index (χ4n) is 0.658. The zero-order valence-electron chi connectivity index (χ0n) is 7.07. The number of carbonyl (C=O) groups excluding carboxylic acids is 1. The quantitative estimate of drug-likeness (QED) is 0.562. The van der Waals surface area contributed by atoms with Crippen LogP contribution in [0.15, 0.2) is 0 Å². The molecule has 1 unspecified atom stereocenters. The van der Waals surface area contributed by atoms with Crippen molar-refractivity contribution >= 4 is 26.9 Å². The van der Waals surface area contributed by atoms with Gasteiger partial charge in [-0.3, -0.25) is 0 Å². The summed E-state index contributed by atoms with van der Waals surface area (Å²) in [4.78, 5) is 20.9. The van der Waals surface area contributed by atoms with E-state index in [9.17, 15) is 9.59 Å². The summed E-state index contributed by atoms with van der Waals surface area (Å²) >= 11 is 0.424. The molecule has 1 atom stereocenters. The van der Waals surface area contributed by atoms with E-state index in [0.29, 0.717) is 21.4 Å². The molecule has 0 fully saturated rings. The average molecular weight is 239 g/mol. The van der Waals surface area contributed by atoms with Gasteiger partial charge in [0.15, 0.2) is 0 Å². The monoisotopic (exact) mass is 240 g/mol. The SMILES string of the molecule is C[Se]CCC(OC(C)=O)C(=O)O. The summed E-state index contributed by atoms with van der Waals surface area (Å²) in [6.45, 7) is 1.22. The van der Waals surface area contributed by atoms with Gasteiger partial charge in [0, 0.05) is 0 Å². The molecule has 0 aromatic rings. The molecule has 0 radical (unpaired) electrons. The van der Waals surface area contributed by atoms with Gasteiger partial charge in [-0.25, -0.2) is 0 Å². The van der Waals surface area contributed by atoms with E-state index in [-0.39, 0.29) is 0 Å². The van der Waals surface area contributed by atoms with Crippen molar-refractivity contribution in [3.05, 3.63) is 0 Å². The van der Waals surface area contributed by atoms with Crippen LogP contribution in [0.3, 0.4) is 0 Å². The fourth-order valence-corrected chi connectivity index (χ4v) is 1.60. The third-order valence-electron chi connectivity index (χ3n) is 1.17. The van der Waals surface area contributed by atoms with Gasteiger partial charge < -0.3 is 0 Å². The predicted octanol–water partition coefficient (Wildman–Crippen LogP) is 0.563. The van der Waals surface area contributed by atoms with Crippen molar-refractivity contribution in [2.24, 2.45) is 0 Å². The summed E-state index contributed by atoms with van der Waals surface area (Å²) in [5, 5.41) is 9.40. The molecule has 1 N–H and O–H groups in total. The molecule has 70 valence electrons. The van der Waals surface area contributed by atoms with Crippen molar-refractivity contribution in [1.29, 1.82) is 0 Å². The van der Waals surface area contributed by atoms with Crippen LogP contribution in [0.1, 0.15) is 13.3 Å². The Balaban J connectivity index is 3.87. The second-order valence-electron chi connectivity index (χ2n) is 2.22. The summed E-state index contributed by atoms with van der Waals surface area (Å²) in [6.07, 6.45) is -0.532. The Kier molecular flexibility index (Phi) is 5.76. The van der Waals surface area contributed by atoms with E-state index >= 15 is 0 Å². The molecule has 0 heterocycles. The third kappa shape index (κ3) is 5.15. The summed E-state index contributed by atoms with van der Waals surface area (Å²) in [7, 11) is 0. The van der Waals surface area contributed by atoms with Gasteiger partial charge in [0.25, 0.3) is 0 Å².